The topological polar surface area (TPSA) is 65.5 Å². The van der Waals surface area contributed by atoms with Crippen LogP contribution in [-0.2, 0) is 4.79 Å². The summed E-state index contributed by atoms with van der Waals surface area (Å²) in [4.78, 5) is 31.4. The normalized spacial score (nSPS) is 15.6. The molecule has 1 aliphatic rings. The Balaban J connectivity index is 1.83. The van der Waals surface area contributed by atoms with Crippen LogP contribution >= 0.6 is 0 Å². The third-order valence-corrected chi connectivity index (χ3v) is 3.94. The number of pyridine rings is 1. The van der Waals surface area contributed by atoms with Gasteiger partial charge in [-0.15, -0.1) is 0 Å². The molecule has 0 saturated carbocycles. The Kier molecular flexibility index (Phi) is 5.14. The summed E-state index contributed by atoms with van der Waals surface area (Å²) in [5.41, 5.74) is 1.01. The van der Waals surface area contributed by atoms with Gasteiger partial charge in [0.25, 0.3) is 0 Å². The zero-order valence-corrected chi connectivity index (χ0v) is 12.6. The molecule has 1 aromatic rings. The number of carbonyl (C=O) groups excluding carboxylic acids is 2. The highest BCUT2D eigenvalue weighted by Gasteiger charge is 2.21. The molecule has 2 heterocycles. The molecule has 1 atom stereocenters. The molecule has 0 bridgehead atoms. The average molecular weight is 290 g/mol. The Morgan fingerprint density at radius 3 is 2.57 bits per heavy atom. The van der Waals surface area contributed by atoms with Gasteiger partial charge in [0.05, 0.1) is 12.6 Å². The largest absolute Gasteiger partial charge is 0.341 e. The summed E-state index contributed by atoms with van der Waals surface area (Å²) in [5.74, 6) is -0.00851. The predicted molar refractivity (Wildman–Crippen MR) is 79.6 cm³/mol. The molecule has 1 fully saturated rings. The molecule has 2 rings (SSSR count). The average Bonchev–Trinajstić information content (AvgIpc) is 3.06. The van der Waals surface area contributed by atoms with Crippen LogP contribution in [0.2, 0.25) is 0 Å². The van der Waals surface area contributed by atoms with Crippen LogP contribution in [0.25, 0.3) is 0 Å². The summed E-state index contributed by atoms with van der Waals surface area (Å²) in [7, 11) is 1.72. The van der Waals surface area contributed by atoms with E-state index in [2.05, 4.69) is 10.3 Å². The number of likely N-dealkylation sites (tertiary alicyclic amines) is 1. The Labute approximate surface area is 125 Å². The maximum absolute atomic E-state index is 12.1. The minimum Gasteiger partial charge on any atom is -0.341 e. The van der Waals surface area contributed by atoms with E-state index in [-0.39, 0.29) is 24.5 Å². The van der Waals surface area contributed by atoms with Crippen LogP contribution in [0.3, 0.4) is 0 Å². The predicted octanol–water partition coefficient (Wildman–Crippen LogP) is 1.41. The molecule has 6 heteroatoms. The van der Waals surface area contributed by atoms with Gasteiger partial charge in [0, 0.05) is 32.5 Å². The highest BCUT2D eigenvalue weighted by atomic mass is 16.2. The number of nitrogens with zero attached hydrogens (tertiary/aromatic N) is 3. The SMILES string of the molecule is CC(c1ccncc1)N(C)C(=O)NCC(=O)N1CCCC1. The lowest BCUT2D eigenvalue weighted by Crippen LogP contribution is -2.44. The second-order valence-corrected chi connectivity index (χ2v) is 5.31. The second-order valence-electron chi connectivity index (χ2n) is 5.31. The van der Waals surface area contributed by atoms with Crippen molar-refractivity contribution in [2.45, 2.75) is 25.8 Å². The van der Waals surface area contributed by atoms with E-state index in [1.165, 1.54) is 0 Å². The minimum atomic E-state index is -0.244. The van der Waals surface area contributed by atoms with Crippen molar-refractivity contribution in [2.24, 2.45) is 0 Å². The van der Waals surface area contributed by atoms with E-state index in [1.54, 1.807) is 29.2 Å². The van der Waals surface area contributed by atoms with E-state index in [9.17, 15) is 9.59 Å². The first-order valence-electron chi connectivity index (χ1n) is 7.28. The molecular weight excluding hydrogens is 268 g/mol. The van der Waals surface area contributed by atoms with Gasteiger partial charge in [0.2, 0.25) is 5.91 Å². The van der Waals surface area contributed by atoms with Crippen molar-refractivity contribution >= 4 is 11.9 Å². The molecule has 1 unspecified atom stereocenters. The number of carbonyl (C=O) groups is 2. The fourth-order valence-corrected chi connectivity index (χ4v) is 2.40. The minimum absolute atomic E-state index is 0.00851. The van der Waals surface area contributed by atoms with Crippen LogP contribution < -0.4 is 5.32 Å². The van der Waals surface area contributed by atoms with Crippen LogP contribution in [0.4, 0.5) is 4.79 Å². The molecule has 3 amide bonds. The quantitative estimate of drug-likeness (QED) is 0.911. The highest BCUT2D eigenvalue weighted by molar-refractivity contribution is 5.84. The van der Waals surface area contributed by atoms with Crippen LogP contribution in [0.5, 0.6) is 0 Å². The van der Waals surface area contributed by atoms with Crippen molar-refractivity contribution in [2.75, 3.05) is 26.7 Å². The maximum atomic E-state index is 12.1. The van der Waals surface area contributed by atoms with Gasteiger partial charge in [-0.05, 0) is 37.5 Å². The van der Waals surface area contributed by atoms with Gasteiger partial charge in [-0.2, -0.15) is 0 Å². The molecule has 1 saturated heterocycles. The molecule has 114 valence electrons. The molecule has 1 aliphatic heterocycles. The molecule has 1 N–H and O–H groups in total. The third kappa shape index (κ3) is 3.93. The summed E-state index contributed by atoms with van der Waals surface area (Å²) in [6, 6.07) is 3.44. The Bertz CT molecular complexity index is 486. The number of amides is 3. The smallest absolute Gasteiger partial charge is 0.318 e. The van der Waals surface area contributed by atoms with Crippen molar-refractivity contribution in [3.63, 3.8) is 0 Å². The highest BCUT2D eigenvalue weighted by Crippen LogP contribution is 2.17. The zero-order chi connectivity index (χ0) is 15.2. The number of nitrogens with one attached hydrogen (secondary N) is 1. The molecular formula is C15H22N4O2. The van der Waals surface area contributed by atoms with Gasteiger partial charge in [-0.25, -0.2) is 4.79 Å². The van der Waals surface area contributed by atoms with Crippen LogP contribution in [0.15, 0.2) is 24.5 Å². The summed E-state index contributed by atoms with van der Waals surface area (Å²) in [6.45, 7) is 3.61. The van der Waals surface area contributed by atoms with Gasteiger partial charge in [-0.3, -0.25) is 9.78 Å². The standard InChI is InChI=1S/C15H22N4O2/c1-12(13-5-7-16-8-6-13)18(2)15(21)17-11-14(20)19-9-3-4-10-19/h5-8,12H,3-4,9-11H2,1-2H3,(H,17,21). The first-order valence-corrected chi connectivity index (χ1v) is 7.28. The second kappa shape index (κ2) is 7.06. The Morgan fingerprint density at radius 2 is 1.95 bits per heavy atom. The lowest BCUT2D eigenvalue weighted by atomic mass is 10.1. The third-order valence-electron chi connectivity index (χ3n) is 3.94. The van der Waals surface area contributed by atoms with Crippen molar-refractivity contribution in [1.29, 1.82) is 0 Å². The van der Waals surface area contributed by atoms with Crippen molar-refractivity contribution in [1.82, 2.24) is 20.1 Å². The number of urea groups is 1. The maximum Gasteiger partial charge on any atom is 0.318 e. The van der Waals surface area contributed by atoms with E-state index < -0.39 is 0 Å². The monoisotopic (exact) mass is 290 g/mol. The fraction of sp³-hybridized carbons (Fsp3) is 0.533. The van der Waals surface area contributed by atoms with Gasteiger partial charge >= 0.3 is 6.03 Å². The van der Waals surface area contributed by atoms with Crippen molar-refractivity contribution < 1.29 is 9.59 Å². The molecule has 0 spiro atoms. The number of hydrogen-bond donors (Lipinski definition) is 1. The van der Waals surface area contributed by atoms with E-state index in [1.807, 2.05) is 19.1 Å². The van der Waals surface area contributed by atoms with Gasteiger partial charge in [0.15, 0.2) is 0 Å². The van der Waals surface area contributed by atoms with E-state index in [0.717, 1.165) is 31.5 Å². The zero-order valence-electron chi connectivity index (χ0n) is 12.6. The van der Waals surface area contributed by atoms with Crippen molar-refractivity contribution in [3.8, 4) is 0 Å². The molecule has 6 nitrogen and oxygen atoms in total. The first-order chi connectivity index (χ1) is 10.1. The molecule has 0 aromatic carbocycles. The summed E-state index contributed by atoms with van der Waals surface area (Å²) in [6.07, 6.45) is 5.51. The van der Waals surface area contributed by atoms with Crippen LogP contribution in [0, 0.1) is 0 Å². The summed E-state index contributed by atoms with van der Waals surface area (Å²) >= 11 is 0. The molecule has 21 heavy (non-hydrogen) atoms. The Hall–Kier alpha value is -2.11. The van der Waals surface area contributed by atoms with E-state index in [4.69, 9.17) is 0 Å². The molecule has 0 radical (unpaired) electrons. The van der Waals surface area contributed by atoms with Crippen LogP contribution in [0.1, 0.15) is 31.4 Å². The Morgan fingerprint density at radius 1 is 1.33 bits per heavy atom. The van der Waals surface area contributed by atoms with Gasteiger partial charge in [-0.1, -0.05) is 0 Å². The van der Waals surface area contributed by atoms with Gasteiger partial charge < -0.3 is 15.1 Å². The molecule has 0 aliphatic carbocycles. The number of hydrogen-bond acceptors (Lipinski definition) is 3. The fourth-order valence-electron chi connectivity index (χ4n) is 2.40. The lowest BCUT2D eigenvalue weighted by Gasteiger charge is -2.26. The van der Waals surface area contributed by atoms with Crippen LogP contribution in [-0.4, -0.2) is 53.4 Å². The van der Waals surface area contributed by atoms with Crippen molar-refractivity contribution in [3.05, 3.63) is 30.1 Å². The first kappa shape index (κ1) is 15.3. The van der Waals surface area contributed by atoms with E-state index >= 15 is 0 Å². The number of aromatic nitrogens is 1. The summed E-state index contributed by atoms with van der Waals surface area (Å²) < 4.78 is 0. The lowest BCUT2D eigenvalue weighted by molar-refractivity contribution is -0.129. The number of rotatable bonds is 4. The molecule has 1 aromatic heterocycles. The van der Waals surface area contributed by atoms with E-state index in [0.29, 0.717) is 0 Å². The summed E-state index contributed by atoms with van der Waals surface area (Å²) in [5, 5.41) is 2.69. The van der Waals surface area contributed by atoms with Gasteiger partial charge in [0.1, 0.15) is 0 Å².